The van der Waals surface area contributed by atoms with Crippen molar-refractivity contribution in [2.24, 2.45) is 0 Å². The summed E-state index contributed by atoms with van der Waals surface area (Å²) in [4.78, 5) is -0.763. The van der Waals surface area contributed by atoms with Gasteiger partial charge in [-0.25, -0.2) is 33.7 Å². The van der Waals surface area contributed by atoms with Gasteiger partial charge in [0.25, 0.3) is 20.0 Å². The minimum Gasteiger partial charge on any atom is -0.508 e. The predicted octanol–water partition coefficient (Wildman–Crippen LogP) is 5.23. The number of aryl methyl sites for hydroxylation is 4. The zero-order valence-corrected chi connectivity index (χ0v) is 35.8. The highest BCUT2D eigenvalue weighted by Gasteiger charge is 2.46. The normalized spacial score (nSPS) is 17.6. The Balaban J connectivity index is 1.63. The number of rotatable bonds is 10. The van der Waals surface area contributed by atoms with Crippen LogP contribution >= 0.6 is 0 Å². The second-order valence-electron chi connectivity index (χ2n) is 14.4. The molecule has 13 nitrogen and oxygen atoms in total. The molecule has 1 fully saturated rings. The molecule has 1 saturated heterocycles. The SMILES string of the molecule is Cc1ccc(S(=O)(=O)N2CCN(S(=O)(=O)c3ccc(C)cc3)CC(Cc3ccc(O)cc3)N(S(=O)(=O)c3ccc(C)cc3)N(S(=O)(=O)c3ccc(C)cc3)CC2)cc1. The van der Waals surface area contributed by atoms with Crippen molar-refractivity contribution in [1.82, 2.24) is 17.4 Å². The first kappa shape index (κ1) is 43.1. The molecule has 6 rings (SSSR count). The molecule has 58 heavy (non-hydrogen) atoms. The first-order valence-corrected chi connectivity index (χ1v) is 24.2. The van der Waals surface area contributed by atoms with Gasteiger partial charge in [-0.05, 0) is 100 Å². The Labute approximate surface area is 342 Å². The van der Waals surface area contributed by atoms with E-state index in [0.29, 0.717) is 14.4 Å². The Morgan fingerprint density at radius 1 is 0.448 bits per heavy atom. The number of aromatic hydroxyl groups is 1. The molecule has 1 aliphatic heterocycles. The van der Waals surface area contributed by atoms with Crippen molar-refractivity contribution in [3.05, 3.63) is 149 Å². The van der Waals surface area contributed by atoms with Crippen molar-refractivity contribution in [2.75, 3.05) is 32.7 Å². The van der Waals surface area contributed by atoms with Crippen LogP contribution in [0, 0.1) is 27.7 Å². The first-order valence-electron chi connectivity index (χ1n) is 18.4. The number of benzene rings is 5. The van der Waals surface area contributed by atoms with Gasteiger partial charge in [-0.15, -0.1) is 8.83 Å². The van der Waals surface area contributed by atoms with Crippen molar-refractivity contribution in [3.8, 4) is 5.75 Å². The second kappa shape index (κ2) is 17.0. The van der Waals surface area contributed by atoms with Crippen LogP contribution < -0.4 is 0 Å². The minimum atomic E-state index is -4.88. The van der Waals surface area contributed by atoms with Crippen molar-refractivity contribution in [2.45, 2.75) is 59.7 Å². The lowest BCUT2D eigenvalue weighted by atomic mass is 10.1. The van der Waals surface area contributed by atoms with Gasteiger partial charge in [0.1, 0.15) is 5.75 Å². The molecule has 1 atom stereocenters. The molecule has 0 spiro atoms. The van der Waals surface area contributed by atoms with Gasteiger partial charge in [-0.2, -0.15) is 8.61 Å². The standard InChI is InChI=1S/C41H46N4O9S4/c1-31-5-17-38(18-6-31)55(47,48)42-25-26-43(56(49,50)39-19-7-32(2)8-20-39)30-36(29-35-13-15-37(46)16-14-35)45(58(53,54)41-23-11-34(4)12-24-41)44(28-27-42)57(51,52)40-21-9-33(3)10-22-40/h5-24,36,46H,25-30H2,1-4H3. The molecule has 0 aromatic heterocycles. The van der Waals surface area contributed by atoms with E-state index < -0.39 is 78.9 Å². The molecule has 308 valence electrons. The molecule has 1 heterocycles. The quantitative estimate of drug-likeness (QED) is 0.198. The minimum absolute atomic E-state index is 0.0686. The van der Waals surface area contributed by atoms with Crippen LogP contribution in [0.1, 0.15) is 27.8 Å². The lowest BCUT2D eigenvalue weighted by molar-refractivity contribution is 0.0861. The van der Waals surface area contributed by atoms with Crippen molar-refractivity contribution >= 4 is 40.1 Å². The summed E-state index contributed by atoms with van der Waals surface area (Å²) >= 11 is 0. The highest BCUT2D eigenvalue weighted by Crippen LogP contribution is 2.32. The van der Waals surface area contributed by atoms with Gasteiger partial charge in [0.05, 0.1) is 25.6 Å². The van der Waals surface area contributed by atoms with E-state index in [-0.39, 0.29) is 31.8 Å². The summed E-state index contributed by atoms with van der Waals surface area (Å²) in [7, 11) is -18.6. The van der Waals surface area contributed by atoms with E-state index in [4.69, 9.17) is 0 Å². The maximum Gasteiger partial charge on any atom is 0.257 e. The van der Waals surface area contributed by atoms with Crippen LogP contribution in [-0.4, -0.2) is 95.0 Å². The number of phenols is 1. The number of hydrogen-bond donors (Lipinski definition) is 1. The van der Waals surface area contributed by atoms with Crippen LogP contribution in [0.25, 0.3) is 0 Å². The molecule has 5 aromatic rings. The summed E-state index contributed by atoms with van der Waals surface area (Å²) in [5.41, 5.74) is 3.52. The van der Waals surface area contributed by atoms with Crippen molar-refractivity contribution in [1.29, 1.82) is 0 Å². The maximum atomic E-state index is 15.2. The average Bonchev–Trinajstić information content (AvgIpc) is 3.18. The van der Waals surface area contributed by atoms with Gasteiger partial charge < -0.3 is 5.11 Å². The van der Waals surface area contributed by atoms with Gasteiger partial charge in [-0.1, -0.05) is 82.9 Å². The Hall–Kier alpha value is -4.46. The number of hydrazine groups is 1. The second-order valence-corrected chi connectivity index (χ2v) is 21.9. The van der Waals surface area contributed by atoms with Crippen LogP contribution in [0.4, 0.5) is 0 Å². The largest absolute Gasteiger partial charge is 0.508 e. The Kier molecular flexibility index (Phi) is 12.7. The van der Waals surface area contributed by atoms with Crippen LogP contribution in [0.5, 0.6) is 5.75 Å². The number of hydrogen-bond acceptors (Lipinski definition) is 9. The van der Waals surface area contributed by atoms with Gasteiger partial charge in [0, 0.05) is 32.7 Å². The monoisotopic (exact) mass is 866 g/mol. The average molecular weight is 867 g/mol. The van der Waals surface area contributed by atoms with Crippen LogP contribution in [-0.2, 0) is 46.5 Å². The van der Waals surface area contributed by atoms with E-state index in [2.05, 4.69) is 0 Å². The zero-order chi connectivity index (χ0) is 42.0. The first-order chi connectivity index (χ1) is 27.3. The summed E-state index contributed by atoms with van der Waals surface area (Å²) < 4.78 is 122. The summed E-state index contributed by atoms with van der Waals surface area (Å²) in [5, 5.41) is 10.1. The Morgan fingerprint density at radius 3 is 1.22 bits per heavy atom. The van der Waals surface area contributed by atoms with Crippen molar-refractivity contribution < 1.29 is 38.8 Å². The molecular weight excluding hydrogens is 821 g/mol. The molecular formula is C41H46N4O9S4. The van der Waals surface area contributed by atoms with E-state index in [1.165, 1.54) is 60.7 Å². The smallest absolute Gasteiger partial charge is 0.257 e. The molecule has 0 aliphatic carbocycles. The highest BCUT2D eigenvalue weighted by atomic mass is 32.2. The zero-order valence-electron chi connectivity index (χ0n) is 32.5. The fourth-order valence-electron chi connectivity index (χ4n) is 6.63. The highest BCUT2D eigenvalue weighted by molar-refractivity contribution is 7.92. The van der Waals surface area contributed by atoms with E-state index in [1.807, 2.05) is 0 Å². The molecule has 0 amide bonds. The maximum absolute atomic E-state index is 15.2. The van der Waals surface area contributed by atoms with E-state index >= 15 is 16.8 Å². The summed E-state index contributed by atoms with van der Waals surface area (Å²) in [6, 6.07) is 28.1. The molecule has 0 radical (unpaired) electrons. The third-order valence-electron chi connectivity index (χ3n) is 9.97. The Bertz CT molecular complexity index is 2680. The number of sulfonamides is 4. The number of phenolic OH excluding ortho intramolecular Hbond substituents is 1. The van der Waals surface area contributed by atoms with Gasteiger partial charge in [-0.3, -0.25) is 0 Å². The van der Waals surface area contributed by atoms with Crippen molar-refractivity contribution in [3.63, 3.8) is 0 Å². The van der Waals surface area contributed by atoms with Crippen LogP contribution in [0.15, 0.2) is 141 Å². The fraction of sp³-hybridized carbons (Fsp3) is 0.268. The summed E-state index contributed by atoms with van der Waals surface area (Å²) in [6.07, 6.45) is -0.212. The third kappa shape index (κ3) is 9.21. The van der Waals surface area contributed by atoms with E-state index in [1.54, 1.807) is 88.4 Å². The molecule has 5 aromatic carbocycles. The lowest BCUT2D eigenvalue weighted by Crippen LogP contribution is -2.61. The predicted molar refractivity (Wildman–Crippen MR) is 221 cm³/mol. The molecule has 17 heteroatoms. The van der Waals surface area contributed by atoms with E-state index in [9.17, 15) is 21.9 Å². The Morgan fingerprint density at radius 2 is 0.793 bits per heavy atom. The lowest BCUT2D eigenvalue weighted by Gasteiger charge is -2.42. The molecule has 0 saturated carbocycles. The van der Waals surface area contributed by atoms with E-state index in [0.717, 1.165) is 30.9 Å². The van der Waals surface area contributed by atoms with Gasteiger partial charge in [0.15, 0.2) is 0 Å². The third-order valence-corrected chi connectivity index (χ3v) is 17.5. The van der Waals surface area contributed by atoms with Gasteiger partial charge >= 0.3 is 0 Å². The number of nitrogens with zero attached hydrogens (tertiary/aromatic N) is 4. The molecule has 1 aliphatic rings. The van der Waals surface area contributed by atoms with Crippen LogP contribution in [0.2, 0.25) is 0 Å². The van der Waals surface area contributed by atoms with Gasteiger partial charge in [0.2, 0.25) is 20.0 Å². The van der Waals surface area contributed by atoms with Crippen LogP contribution in [0.3, 0.4) is 0 Å². The summed E-state index contributed by atoms with van der Waals surface area (Å²) in [5.74, 6) is -0.0686. The topological polar surface area (TPSA) is 170 Å². The molecule has 1 N–H and O–H groups in total. The fourth-order valence-corrected chi connectivity index (χ4v) is 13.0. The molecule has 1 unspecified atom stereocenters. The summed E-state index contributed by atoms with van der Waals surface area (Å²) in [6.45, 7) is 4.50. The molecule has 0 bridgehead atoms.